The number of nitrogens with zero attached hydrogens (tertiary/aromatic N) is 3. The van der Waals surface area contributed by atoms with E-state index in [-0.39, 0.29) is 5.56 Å². The molecule has 0 saturated carbocycles. The molecular weight excluding hydrogens is 583 g/mol. The van der Waals surface area contributed by atoms with Crippen LogP contribution in [-0.2, 0) is 0 Å². The van der Waals surface area contributed by atoms with E-state index in [0.29, 0.717) is 0 Å². The standard InChI is InChI=1S/C41H23N3OS/c45-40-30-17-2-1-12-24(30)29-18-11-19-31-36(29)44(40)37-38(42-32-20-7-3-13-25(32)26-14-4-8-21-33(26)42)41(46-39(31)37)43-34-22-9-5-15-27(34)28-16-6-10-23-35(28)43/h1-23H. The van der Waals surface area contributed by atoms with Crippen LogP contribution in [0.2, 0.25) is 0 Å². The normalized spacial score (nSPS) is 12.4. The van der Waals surface area contributed by atoms with Crippen LogP contribution in [0.25, 0.3) is 91.6 Å². The predicted octanol–water partition coefficient (Wildman–Crippen LogP) is 10.5. The molecule has 5 aromatic heterocycles. The van der Waals surface area contributed by atoms with E-state index >= 15 is 0 Å². The number of thiophene rings is 1. The van der Waals surface area contributed by atoms with Crippen LogP contribution in [-0.4, -0.2) is 13.5 Å². The fourth-order valence-corrected chi connectivity index (χ4v) is 9.30. The molecule has 0 unspecified atom stereocenters. The molecule has 0 aliphatic carbocycles. The smallest absolute Gasteiger partial charge is 0.263 e. The molecule has 5 heteroatoms. The highest BCUT2D eigenvalue weighted by Gasteiger charge is 2.28. The lowest BCUT2D eigenvalue weighted by molar-refractivity contribution is 1.11. The minimum Gasteiger partial charge on any atom is -0.305 e. The van der Waals surface area contributed by atoms with Gasteiger partial charge >= 0.3 is 0 Å². The van der Waals surface area contributed by atoms with Gasteiger partial charge in [0.1, 0.15) is 10.7 Å². The summed E-state index contributed by atoms with van der Waals surface area (Å²) in [4.78, 5) is 14.7. The average molecular weight is 606 g/mol. The molecule has 6 aromatic carbocycles. The zero-order chi connectivity index (χ0) is 30.1. The first-order valence-electron chi connectivity index (χ1n) is 15.5. The minimum absolute atomic E-state index is 0.0166. The van der Waals surface area contributed by atoms with Gasteiger partial charge in [-0.1, -0.05) is 109 Å². The Bertz CT molecular complexity index is 3010. The molecule has 46 heavy (non-hydrogen) atoms. The number of benzene rings is 6. The topological polar surface area (TPSA) is 31.3 Å². The number of pyridine rings is 1. The lowest BCUT2D eigenvalue weighted by Crippen LogP contribution is -2.14. The Kier molecular flexibility index (Phi) is 4.58. The van der Waals surface area contributed by atoms with Gasteiger partial charge in [0.25, 0.3) is 5.56 Å². The third-order valence-corrected chi connectivity index (χ3v) is 11.0. The monoisotopic (exact) mass is 605 g/mol. The Morgan fingerprint density at radius 3 is 1.39 bits per heavy atom. The molecule has 0 radical (unpaired) electrons. The molecule has 11 rings (SSSR count). The molecule has 0 saturated heterocycles. The maximum atomic E-state index is 14.7. The zero-order valence-corrected chi connectivity index (χ0v) is 25.3. The van der Waals surface area contributed by atoms with Crippen LogP contribution in [0.3, 0.4) is 0 Å². The van der Waals surface area contributed by atoms with E-state index in [2.05, 4.69) is 130 Å². The first-order chi connectivity index (χ1) is 22.8. The highest BCUT2D eigenvalue weighted by Crippen LogP contribution is 2.48. The Labute approximate surface area is 265 Å². The number of hydrogen-bond donors (Lipinski definition) is 0. The SMILES string of the molecule is O=c1c2ccccc2c2cccc3c4sc(-n5c6ccccc6c6ccccc65)c(-n5c6ccccc6c6ccccc65)c4n1c23. The molecular formula is C41H23N3OS. The highest BCUT2D eigenvalue weighted by atomic mass is 32.1. The number of aromatic nitrogens is 3. The lowest BCUT2D eigenvalue weighted by atomic mass is 10.1. The van der Waals surface area contributed by atoms with Gasteiger partial charge < -0.3 is 4.57 Å². The Balaban J connectivity index is 1.46. The van der Waals surface area contributed by atoms with Crippen molar-refractivity contribution in [2.45, 2.75) is 0 Å². The van der Waals surface area contributed by atoms with Crippen molar-refractivity contribution in [2.24, 2.45) is 0 Å². The molecule has 214 valence electrons. The molecule has 0 aliphatic heterocycles. The molecule has 5 heterocycles. The van der Waals surface area contributed by atoms with Gasteiger partial charge in [-0.25, -0.2) is 0 Å². The Morgan fingerprint density at radius 1 is 0.391 bits per heavy atom. The van der Waals surface area contributed by atoms with Crippen molar-refractivity contribution >= 4 is 92.2 Å². The van der Waals surface area contributed by atoms with E-state index in [0.717, 1.165) is 70.0 Å². The van der Waals surface area contributed by atoms with E-state index in [1.165, 1.54) is 21.5 Å². The summed E-state index contributed by atoms with van der Waals surface area (Å²) in [5.74, 6) is 0. The van der Waals surface area contributed by atoms with Crippen molar-refractivity contribution in [3.63, 3.8) is 0 Å². The average Bonchev–Trinajstić information content (AvgIpc) is 3.83. The predicted molar refractivity (Wildman–Crippen MR) is 194 cm³/mol. The summed E-state index contributed by atoms with van der Waals surface area (Å²) in [6.07, 6.45) is 0. The van der Waals surface area contributed by atoms with Crippen molar-refractivity contribution in [3.05, 3.63) is 150 Å². The lowest BCUT2D eigenvalue weighted by Gasteiger charge is -2.14. The third-order valence-electron chi connectivity index (χ3n) is 9.81. The summed E-state index contributed by atoms with van der Waals surface area (Å²) in [7, 11) is 0. The molecule has 0 bridgehead atoms. The van der Waals surface area contributed by atoms with Crippen molar-refractivity contribution in [1.29, 1.82) is 0 Å². The molecule has 0 spiro atoms. The van der Waals surface area contributed by atoms with Crippen LogP contribution in [0, 0.1) is 0 Å². The molecule has 0 atom stereocenters. The first kappa shape index (κ1) is 24.4. The molecule has 0 fully saturated rings. The van der Waals surface area contributed by atoms with Crippen LogP contribution in [0.5, 0.6) is 0 Å². The van der Waals surface area contributed by atoms with Crippen LogP contribution >= 0.6 is 11.3 Å². The van der Waals surface area contributed by atoms with Crippen LogP contribution < -0.4 is 5.56 Å². The Morgan fingerprint density at radius 2 is 0.826 bits per heavy atom. The van der Waals surface area contributed by atoms with Gasteiger partial charge in [-0.05, 0) is 35.7 Å². The van der Waals surface area contributed by atoms with Crippen molar-refractivity contribution < 1.29 is 0 Å². The van der Waals surface area contributed by atoms with E-state index in [4.69, 9.17) is 0 Å². The largest absolute Gasteiger partial charge is 0.305 e. The van der Waals surface area contributed by atoms with Crippen LogP contribution in [0.4, 0.5) is 0 Å². The van der Waals surface area contributed by atoms with Gasteiger partial charge in [0.05, 0.1) is 37.8 Å². The van der Waals surface area contributed by atoms with Crippen molar-refractivity contribution in [3.8, 4) is 10.7 Å². The van der Waals surface area contributed by atoms with Crippen LogP contribution in [0.1, 0.15) is 0 Å². The van der Waals surface area contributed by atoms with Crippen molar-refractivity contribution in [1.82, 2.24) is 13.5 Å². The second kappa shape index (κ2) is 8.62. The summed E-state index contributed by atoms with van der Waals surface area (Å²) in [6.45, 7) is 0. The fraction of sp³-hybridized carbons (Fsp3) is 0. The van der Waals surface area contributed by atoms with Crippen molar-refractivity contribution in [2.75, 3.05) is 0 Å². The van der Waals surface area contributed by atoms with Gasteiger partial charge in [-0.2, -0.15) is 0 Å². The number of rotatable bonds is 2. The highest BCUT2D eigenvalue weighted by molar-refractivity contribution is 7.23. The summed E-state index contributed by atoms with van der Waals surface area (Å²) in [5.41, 5.74) is 7.52. The van der Waals surface area contributed by atoms with Gasteiger partial charge in [0.2, 0.25) is 0 Å². The van der Waals surface area contributed by atoms with Gasteiger partial charge in [-0.15, -0.1) is 11.3 Å². The maximum absolute atomic E-state index is 14.7. The maximum Gasteiger partial charge on any atom is 0.263 e. The van der Waals surface area contributed by atoms with E-state index in [9.17, 15) is 4.79 Å². The second-order valence-electron chi connectivity index (χ2n) is 12.1. The van der Waals surface area contributed by atoms with E-state index in [1.807, 2.05) is 22.6 Å². The number of para-hydroxylation sites is 5. The molecule has 4 nitrogen and oxygen atoms in total. The quantitative estimate of drug-likeness (QED) is 0.180. The summed E-state index contributed by atoms with van der Waals surface area (Å²) >= 11 is 1.78. The van der Waals surface area contributed by atoms with Gasteiger partial charge in [-0.3, -0.25) is 13.8 Å². The molecule has 0 amide bonds. The minimum atomic E-state index is 0.0166. The summed E-state index contributed by atoms with van der Waals surface area (Å²) < 4.78 is 7.94. The Hall–Kier alpha value is -5.91. The molecule has 11 aromatic rings. The van der Waals surface area contributed by atoms with Gasteiger partial charge in [0.15, 0.2) is 0 Å². The number of fused-ring (bicyclic) bond motifs is 11. The molecule has 0 N–H and O–H groups in total. The fourth-order valence-electron chi connectivity index (χ4n) is 7.97. The van der Waals surface area contributed by atoms with Gasteiger partial charge in [0, 0.05) is 37.7 Å². The first-order valence-corrected chi connectivity index (χ1v) is 16.3. The molecule has 0 aliphatic rings. The summed E-state index contributed by atoms with van der Waals surface area (Å²) in [6, 6.07) is 49.1. The third kappa shape index (κ3) is 2.87. The van der Waals surface area contributed by atoms with E-state index < -0.39 is 0 Å². The van der Waals surface area contributed by atoms with E-state index in [1.54, 1.807) is 11.3 Å². The number of hydrogen-bond acceptors (Lipinski definition) is 2. The second-order valence-corrected chi connectivity index (χ2v) is 13.1. The zero-order valence-electron chi connectivity index (χ0n) is 24.4. The van der Waals surface area contributed by atoms with Crippen LogP contribution in [0.15, 0.2) is 144 Å². The summed E-state index contributed by atoms with van der Waals surface area (Å²) in [5, 5.41) is 9.84.